The number of nitrogens with zero attached hydrogens (tertiary/aromatic N) is 4. The van der Waals surface area contributed by atoms with Crippen LogP contribution in [0.5, 0.6) is 0 Å². The van der Waals surface area contributed by atoms with Crippen LogP contribution in [0.4, 0.5) is 19.5 Å². The van der Waals surface area contributed by atoms with E-state index in [9.17, 15) is 18.7 Å². The van der Waals surface area contributed by atoms with Crippen molar-refractivity contribution in [3.05, 3.63) is 47.8 Å². The van der Waals surface area contributed by atoms with Gasteiger partial charge in [-0.3, -0.25) is 4.98 Å². The van der Waals surface area contributed by atoms with E-state index < -0.39 is 22.8 Å². The first-order chi connectivity index (χ1) is 16.8. The van der Waals surface area contributed by atoms with Crippen LogP contribution in [0.15, 0.2) is 30.6 Å². The number of pyridine rings is 1. The van der Waals surface area contributed by atoms with Crippen molar-refractivity contribution in [3.8, 4) is 11.3 Å². The first-order valence-corrected chi connectivity index (χ1v) is 11.9. The van der Waals surface area contributed by atoms with Crippen LogP contribution in [-0.2, 0) is 10.3 Å². The lowest BCUT2D eigenvalue weighted by atomic mass is 9.93. The number of anilines is 1. The molecule has 1 aliphatic heterocycles. The molecule has 1 amide bonds. The summed E-state index contributed by atoms with van der Waals surface area (Å²) in [5, 5.41) is 14.1. The van der Waals surface area contributed by atoms with Gasteiger partial charge in [-0.15, -0.1) is 0 Å². The van der Waals surface area contributed by atoms with E-state index in [-0.39, 0.29) is 34.9 Å². The molecule has 2 N–H and O–H groups in total. The Hall–Kier alpha value is -3.40. The summed E-state index contributed by atoms with van der Waals surface area (Å²) in [7, 11) is 0. The number of aromatic nitrogens is 3. The molecule has 10 heteroatoms. The van der Waals surface area contributed by atoms with Gasteiger partial charge in [0.05, 0.1) is 11.8 Å². The summed E-state index contributed by atoms with van der Waals surface area (Å²) in [5.41, 5.74) is -1.11. The summed E-state index contributed by atoms with van der Waals surface area (Å²) in [6.07, 6.45) is 3.41. The van der Waals surface area contributed by atoms with Crippen molar-refractivity contribution in [2.75, 3.05) is 18.4 Å². The molecule has 0 bridgehead atoms. The van der Waals surface area contributed by atoms with Gasteiger partial charge in [0.1, 0.15) is 22.6 Å². The molecular formula is C26H31F2N5O3. The number of carbonyl (C=O) groups excluding carboxylic acids is 1. The maximum absolute atomic E-state index is 14.9. The zero-order valence-electron chi connectivity index (χ0n) is 21.1. The number of rotatable bonds is 4. The lowest BCUT2D eigenvalue weighted by Crippen LogP contribution is -2.44. The van der Waals surface area contributed by atoms with Gasteiger partial charge in [0.2, 0.25) is 5.95 Å². The van der Waals surface area contributed by atoms with E-state index in [0.29, 0.717) is 36.9 Å². The maximum Gasteiger partial charge on any atom is 0.410 e. The van der Waals surface area contributed by atoms with Gasteiger partial charge >= 0.3 is 6.09 Å². The second kappa shape index (κ2) is 9.57. The molecule has 3 heterocycles. The molecule has 4 rings (SSSR count). The van der Waals surface area contributed by atoms with Gasteiger partial charge in [0.15, 0.2) is 5.82 Å². The number of piperidine rings is 1. The first kappa shape index (κ1) is 25.7. The Balaban J connectivity index is 1.55. The predicted molar refractivity (Wildman–Crippen MR) is 132 cm³/mol. The van der Waals surface area contributed by atoms with E-state index in [1.165, 1.54) is 12.3 Å². The van der Waals surface area contributed by atoms with Gasteiger partial charge in [-0.2, -0.15) is 0 Å². The SMILES string of the molecule is CC(C)(C)OC(=O)N1CCC(Nc2ncc(F)c(-c3cc(F)c4nccc(C(C)(C)O)c4c3)n2)CC1. The standard InChI is InChI=1S/C26H31F2N5O3/c1-25(2,3)36-24(34)33-10-7-16(8-11-33)31-23-30-14-20(28)21(32-23)15-12-17-18(26(4,5)35)6-9-29-22(17)19(27)13-15/h6,9,12-14,16,35H,7-8,10-11H2,1-5H3,(H,30,31,32). The highest BCUT2D eigenvalue weighted by Crippen LogP contribution is 2.33. The molecule has 0 spiro atoms. The van der Waals surface area contributed by atoms with Crippen LogP contribution >= 0.6 is 0 Å². The topological polar surface area (TPSA) is 100 Å². The molecule has 1 saturated heterocycles. The minimum Gasteiger partial charge on any atom is -0.444 e. The second-order valence-corrected chi connectivity index (χ2v) is 10.5. The van der Waals surface area contributed by atoms with E-state index >= 15 is 0 Å². The van der Waals surface area contributed by atoms with Crippen molar-refractivity contribution in [2.24, 2.45) is 0 Å². The number of benzene rings is 1. The number of aliphatic hydroxyl groups is 1. The van der Waals surface area contributed by atoms with Crippen LogP contribution in [-0.4, -0.2) is 55.8 Å². The fourth-order valence-corrected chi connectivity index (χ4v) is 4.24. The molecule has 0 radical (unpaired) electrons. The van der Waals surface area contributed by atoms with Crippen LogP contribution in [0.1, 0.15) is 53.0 Å². The zero-order valence-corrected chi connectivity index (χ0v) is 21.1. The van der Waals surface area contributed by atoms with E-state index in [0.717, 1.165) is 6.20 Å². The molecular weight excluding hydrogens is 468 g/mol. The van der Waals surface area contributed by atoms with Gasteiger partial charge in [0.25, 0.3) is 0 Å². The summed E-state index contributed by atoms with van der Waals surface area (Å²) < 4.78 is 35.1. The third-order valence-electron chi connectivity index (χ3n) is 5.95. The summed E-state index contributed by atoms with van der Waals surface area (Å²) >= 11 is 0. The average Bonchev–Trinajstić information content (AvgIpc) is 2.78. The molecule has 1 aromatic carbocycles. The molecule has 192 valence electrons. The smallest absolute Gasteiger partial charge is 0.410 e. The van der Waals surface area contributed by atoms with Crippen LogP contribution in [0.3, 0.4) is 0 Å². The molecule has 0 aliphatic carbocycles. The van der Waals surface area contributed by atoms with Crippen molar-refractivity contribution in [1.82, 2.24) is 19.9 Å². The number of hydrogen-bond acceptors (Lipinski definition) is 7. The lowest BCUT2D eigenvalue weighted by Gasteiger charge is -2.33. The minimum atomic E-state index is -1.25. The average molecular weight is 500 g/mol. The zero-order chi connectivity index (χ0) is 26.3. The quantitative estimate of drug-likeness (QED) is 0.521. The number of carbonyl (C=O) groups is 1. The van der Waals surface area contributed by atoms with Crippen molar-refractivity contribution < 1.29 is 23.4 Å². The number of hydrogen-bond donors (Lipinski definition) is 2. The summed E-state index contributed by atoms with van der Waals surface area (Å²) in [4.78, 5) is 26.4. The number of likely N-dealkylation sites (tertiary alicyclic amines) is 1. The summed E-state index contributed by atoms with van der Waals surface area (Å²) in [5.74, 6) is -1.14. The molecule has 3 aromatic rings. The van der Waals surface area contributed by atoms with Crippen LogP contribution in [0, 0.1) is 11.6 Å². The highest BCUT2D eigenvalue weighted by atomic mass is 19.1. The summed E-state index contributed by atoms with van der Waals surface area (Å²) in [6, 6.07) is 4.34. The van der Waals surface area contributed by atoms with Gasteiger partial charge in [0, 0.05) is 36.3 Å². The number of nitrogens with one attached hydrogen (secondary N) is 1. The Labute approximate surface area is 208 Å². The summed E-state index contributed by atoms with van der Waals surface area (Å²) in [6.45, 7) is 9.66. The normalized spacial score (nSPS) is 15.3. The number of halogens is 2. The molecule has 36 heavy (non-hydrogen) atoms. The van der Waals surface area contributed by atoms with Crippen LogP contribution in [0.2, 0.25) is 0 Å². The molecule has 8 nitrogen and oxygen atoms in total. The van der Waals surface area contributed by atoms with Crippen molar-refractivity contribution in [1.29, 1.82) is 0 Å². The monoisotopic (exact) mass is 499 g/mol. The Morgan fingerprint density at radius 2 is 1.81 bits per heavy atom. The van der Waals surface area contributed by atoms with Crippen LogP contribution in [0.25, 0.3) is 22.2 Å². The fraction of sp³-hybridized carbons (Fsp3) is 0.462. The lowest BCUT2D eigenvalue weighted by molar-refractivity contribution is 0.0210. The highest BCUT2D eigenvalue weighted by Gasteiger charge is 2.27. The second-order valence-electron chi connectivity index (χ2n) is 10.5. The fourth-order valence-electron chi connectivity index (χ4n) is 4.24. The highest BCUT2D eigenvalue weighted by molar-refractivity contribution is 5.88. The number of ether oxygens (including phenoxy) is 1. The Kier molecular flexibility index (Phi) is 6.83. The third-order valence-corrected chi connectivity index (χ3v) is 5.95. The third kappa shape index (κ3) is 5.70. The first-order valence-electron chi connectivity index (χ1n) is 11.9. The van der Waals surface area contributed by atoms with E-state index in [2.05, 4.69) is 20.3 Å². The molecule has 2 aromatic heterocycles. The minimum absolute atomic E-state index is 0.0265. The van der Waals surface area contributed by atoms with Gasteiger partial charge < -0.3 is 20.1 Å². The maximum atomic E-state index is 14.9. The predicted octanol–water partition coefficient (Wildman–Crippen LogP) is 5.01. The van der Waals surface area contributed by atoms with Crippen LogP contribution < -0.4 is 5.32 Å². The molecule has 0 unspecified atom stereocenters. The Bertz CT molecular complexity index is 1280. The molecule has 0 saturated carbocycles. The Morgan fingerprint density at radius 3 is 2.44 bits per heavy atom. The van der Waals surface area contributed by atoms with Crippen molar-refractivity contribution >= 4 is 22.9 Å². The van der Waals surface area contributed by atoms with E-state index in [4.69, 9.17) is 4.74 Å². The van der Waals surface area contributed by atoms with Crippen molar-refractivity contribution in [2.45, 2.75) is 64.7 Å². The Morgan fingerprint density at radius 1 is 1.11 bits per heavy atom. The van der Waals surface area contributed by atoms with Gasteiger partial charge in [-0.05, 0) is 71.2 Å². The largest absolute Gasteiger partial charge is 0.444 e. The number of amides is 1. The molecule has 0 atom stereocenters. The molecule has 1 aliphatic rings. The molecule has 1 fully saturated rings. The van der Waals surface area contributed by atoms with Gasteiger partial charge in [-0.25, -0.2) is 23.5 Å². The number of fused-ring (bicyclic) bond motifs is 1. The van der Waals surface area contributed by atoms with E-state index in [1.54, 1.807) is 30.9 Å². The van der Waals surface area contributed by atoms with Gasteiger partial charge in [-0.1, -0.05) is 0 Å². The van der Waals surface area contributed by atoms with Crippen molar-refractivity contribution in [3.63, 3.8) is 0 Å². The van der Waals surface area contributed by atoms with E-state index in [1.807, 2.05) is 20.8 Å².